The van der Waals surface area contributed by atoms with Crippen LogP contribution in [0.2, 0.25) is 0 Å². The standard InChI is InChI=1S/C20H30N2O4/c1-14-12-22(19(24)26-20(3,4)5)15(2)11-21(14)13-16-7-9-17(10-8-16)18(23)25-6/h7-10,14-15H,11-13H2,1-6H3/t14-,15+/m0/s1. The number of piperazine rings is 1. The van der Waals surface area contributed by atoms with Crippen LogP contribution in [-0.4, -0.2) is 59.7 Å². The van der Waals surface area contributed by atoms with Gasteiger partial charge in [-0.3, -0.25) is 4.90 Å². The summed E-state index contributed by atoms with van der Waals surface area (Å²) < 4.78 is 10.2. The van der Waals surface area contributed by atoms with Crippen LogP contribution in [0.25, 0.3) is 0 Å². The lowest BCUT2D eigenvalue weighted by Crippen LogP contribution is -2.58. The molecular weight excluding hydrogens is 332 g/mol. The van der Waals surface area contributed by atoms with E-state index >= 15 is 0 Å². The molecule has 0 aliphatic carbocycles. The van der Waals surface area contributed by atoms with E-state index in [2.05, 4.69) is 11.8 Å². The van der Waals surface area contributed by atoms with Gasteiger partial charge in [0.15, 0.2) is 0 Å². The summed E-state index contributed by atoms with van der Waals surface area (Å²) >= 11 is 0. The molecule has 1 fully saturated rings. The molecule has 1 aromatic rings. The van der Waals surface area contributed by atoms with Crippen LogP contribution in [0, 0.1) is 0 Å². The molecule has 0 saturated carbocycles. The van der Waals surface area contributed by atoms with Crippen LogP contribution in [0.15, 0.2) is 24.3 Å². The van der Waals surface area contributed by atoms with Gasteiger partial charge in [-0.2, -0.15) is 0 Å². The van der Waals surface area contributed by atoms with Crippen LogP contribution < -0.4 is 0 Å². The zero-order chi connectivity index (χ0) is 19.5. The van der Waals surface area contributed by atoms with Crippen LogP contribution in [-0.2, 0) is 16.0 Å². The molecule has 1 heterocycles. The Morgan fingerprint density at radius 2 is 1.69 bits per heavy atom. The van der Waals surface area contributed by atoms with Crippen molar-refractivity contribution < 1.29 is 19.1 Å². The lowest BCUT2D eigenvalue weighted by atomic mass is 10.1. The van der Waals surface area contributed by atoms with Gasteiger partial charge in [0, 0.05) is 31.7 Å². The number of hydrogen-bond acceptors (Lipinski definition) is 5. The molecule has 2 rings (SSSR count). The maximum atomic E-state index is 12.4. The number of rotatable bonds is 3. The lowest BCUT2D eigenvalue weighted by Gasteiger charge is -2.44. The van der Waals surface area contributed by atoms with Crippen molar-refractivity contribution >= 4 is 12.1 Å². The number of amides is 1. The molecule has 1 aliphatic rings. The van der Waals surface area contributed by atoms with Crippen molar-refractivity contribution in [1.29, 1.82) is 0 Å². The lowest BCUT2D eigenvalue weighted by molar-refractivity contribution is -0.0117. The van der Waals surface area contributed by atoms with Crippen molar-refractivity contribution in [3.63, 3.8) is 0 Å². The fourth-order valence-corrected chi connectivity index (χ4v) is 3.09. The first kappa shape index (κ1) is 20.2. The molecule has 0 radical (unpaired) electrons. The average Bonchev–Trinajstić information content (AvgIpc) is 2.56. The molecule has 144 valence electrons. The van der Waals surface area contributed by atoms with E-state index in [4.69, 9.17) is 9.47 Å². The van der Waals surface area contributed by atoms with Crippen molar-refractivity contribution in [1.82, 2.24) is 9.80 Å². The maximum absolute atomic E-state index is 12.4. The van der Waals surface area contributed by atoms with Crippen molar-refractivity contribution in [3.05, 3.63) is 35.4 Å². The van der Waals surface area contributed by atoms with Gasteiger partial charge < -0.3 is 14.4 Å². The third-order valence-corrected chi connectivity index (χ3v) is 4.50. The van der Waals surface area contributed by atoms with E-state index in [0.717, 1.165) is 18.7 Å². The smallest absolute Gasteiger partial charge is 0.410 e. The quantitative estimate of drug-likeness (QED) is 0.772. The molecule has 0 spiro atoms. The van der Waals surface area contributed by atoms with Crippen molar-refractivity contribution in [3.8, 4) is 0 Å². The normalized spacial score (nSPS) is 21.4. The van der Waals surface area contributed by atoms with Crippen LogP contribution >= 0.6 is 0 Å². The van der Waals surface area contributed by atoms with Gasteiger partial charge in [-0.1, -0.05) is 12.1 Å². The van der Waals surface area contributed by atoms with Gasteiger partial charge in [-0.25, -0.2) is 9.59 Å². The fraction of sp³-hybridized carbons (Fsp3) is 0.600. The van der Waals surface area contributed by atoms with Gasteiger partial charge >= 0.3 is 12.1 Å². The minimum absolute atomic E-state index is 0.0791. The Bertz CT molecular complexity index is 636. The molecule has 0 N–H and O–H groups in total. The Hall–Kier alpha value is -2.08. The second-order valence-corrected chi connectivity index (χ2v) is 7.95. The first-order valence-corrected chi connectivity index (χ1v) is 9.01. The Balaban J connectivity index is 1.99. The average molecular weight is 362 g/mol. The predicted octanol–water partition coefficient (Wildman–Crippen LogP) is 3.30. The van der Waals surface area contributed by atoms with Gasteiger partial charge in [0.05, 0.1) is 12.7 Å². The third kappa shape index (κ3) is 5.21. The molecule has 1 aliphatic heterocycles. The van der Waals surface area contributed by atoms with Gasteiger partial charge in [0.2, 0.25) is 0 Å². The topological polar surface area (TPSA) is 59.1 Å². The SMILES string of the molecule is COC(=O)c1ccc(CN2C[C@@H](C)N(C(=O)OC(C)(C)C)C[C@@H]2C)cc1. The van der Waals surface area contributed by atoms with Crippen LogP contribution in [0.4, 0.5) is 4.79 Å². The highest BCUT2D eigenvalue weighted by molar-refractivity contribution is 5.89. The Kier molecular flexibility index (Phi) is 6.29. The number of carbonyl (C=O) groups excluding carboxylic acids is 2. The molecule has 1 amide bonds. The summed E-state index contributed by atoms with van der Waals surface area (Å²) in [6, 6.07) is 7.76. The maximum Gasteiger partial charge on any atom is 0.410 e. The van der Waals surface area contributed by atoms with E-state index < -0.39 is 5.60 Å². The molecular formula is C20H30N2O4. The number of ether oxygens (including phenoxy) is 2. The van der Waals surface area contributed by atoms with Crippen molar-refractivity contribution in [2.24, 2.45) is 0 Å². The van der Waals surface area contributed by atoms with E-state index in [-0.39, 0.29) is 24.1 Å². The van der Waals surface area contributed by atoms with Crippen LogP contribution in [0.1, 0.15) is 50.5 Å². The van der Waals surface area contributed by atoms with Gasteiger partial charge in [0.25, 0.3) is 0 Å². The van der Waals surface area contributed by atoms with Gasteiger partial charge in [-0.15, -0.1) is 0 Å². The Labute approximate surface area is 156 Å². The zero-order valence-corrected chi connectivity index (χ0v) is 16.6. The highest BCUT2D eigenvalue weighted by Gasteiger charge is 2.34. The summed E-state index contributed by atoms with van der Waals surface area (Å²) in [6.07, 6.45) is -0.251. The van der Waals surface area contributed by atoms with E-state index in [1.807, 2.05) is 44.7 Å². The molecule has 2 atom stereocenters. The molecule has 1 aromatic carbocycles. The molecule has 0 bridgehead atoms. The highest BCUT2D eigenvalue weighted by atomic mass is 16.6. The summed E-state index contributed by atoms with van der Waals surface area (Å²) in [4.78, 5) is 28.1. The molecule has 0 unspecified atom stereocenters. The summed E-state index contributed by atoms with van der Waals surface area (Å²) in [5, 5.41) is 0. The number of benzene rings is 1. The van der Waals surface area contributed by atoms with Crippen molar-refractivity contribution in [2.75, 3.05) is 20.2 Å². The van der Waals surface area contributed by atoms with Crippen LogP contribution in [0.3, 0.4) is 0 Å². The molecule has 6 heteroatoms. The van der Waals surface area contributed by atoms with E-state index in [1.54, 1.807) is 12.1 Å². The minimum Gasteiger partial charge on any atom is -0.465 e. The van der Waals surface area contributed by atoms with E-state index in [1.165, 1.54) is 7.11 Å². The fourth-order valence-electron chi connectivity index (χ4n) is 3.09. The van der Waals surface area contributed by atoms with Crippen LogP contribution in [0.5, 0.6) is 0 Å². The Morgan fingerprint density at radius 1 is 1.08 bits per heavy atom. The predicted molar refractivity (Wildman–Crippen MR) is 100 cm³/mol. The second kappa shape index (κ2) is 8.08. The number of carbonyl (C=O) groups is 2. The first-order chi connectivity index (χ1) is 12.1. The van der Waals surface area contributed by atoms with E-state index in [9.17, 15) is 9.59 Å². The van der Waals surface area contributed by atoms with Gasteiger partial charge in [-0.05, 0) is 52.3 Å². The zero-order valence-electron chi connectivity index (χ0n) is 16.6. The number of hydrogen-bond donors (Lipinski definition) is 0. The number of nitrogens with zero attached hydrogens (tertiary/aromatic N) is 2. The summed E-state index contributed by atoms with van der Waals surface area (Å²) in [5.41, 5.74) is 1.19. The highest BCUT2D eigenvalue weighted by Crippen LogP contribution is 2.21. The number of esters is 1. The molecule has 26 heavy (non-hydrogen) atoms. The van der Waals surface area contributed by atoms with Gasteiger partial charge in [0.1, 0.15) is 5.60 Å². The first-order valence-electron chi connectivity index (χ1n) is 9.01. The Morgan fingerprint density at radius 3 is 2.23 bits per heavy atom. The summed E-state index contributed by atoms with van der Waals surface area (Å²) in [7, 11) is 1.38. The van der Waals surface area contributed by atoms with E-state index in [0.29, 0.717) is 12.1 Å². The molecule has 1 saturated heterocycles. The summed E-state index contributed by atoms with van der Waals surface area (Å²) in [5.74, 6) is -0.329. The molecule has 6 nitrogen and oxygen atoms in total. The minimum atomic E-state index is -0.488. The largest absolute Gasteiger partial charge is 0.465 e. The van der Waals surface area contributed by atoms with Crippen molar-refractivity contribution in [2.45, 2.75) is 58.8 Å². The summed E-state index contributed by atoms with van der Waals surface area (Å²) in [6.45, 7) is 12.0. The number of methoxy groups -OCH3 is 1. The third-order valence-electron chi connectivity index (χ3n) is 4.50. The molecule has 0 aromatic heterocycles. The second-order valence-electron chi connectivity index (χ2n) is 7.95. The monoisotopic (exact) mass is 362 g/mol.